The van der Waals surface area contributed by atoms with E-state index < -0.39 is 0 Å². The van der Waals surface area contributed by atoms with Gasteiger partial charge in [-0.15, -0.1) is 0 Å². The van der Waals surface area contributed by atoms with E-state index >= 15 is 0 Å². The maximum absolute atomic E-state index is 6.21. The minimum Gasteiger partial charge on any atom is -0.399 e. The molecule has 1 aliphatic rings. The monoisotopic (exact) mass is 330 g/mol. The van der Waals surface area contributed by atoms with Crippen LogP contribution in [0, 0.1) is 0 Å². The highest BCUT2D eigenvalue weighted by atomic mass is 79.9. The molecule has 0 aromatic heterocycles. The van der Waals surface area contributed by atoms with Crippen molar-refractivity contribution in [3.8, 4) is 0 Å². The molecule has 0 aliphatic carbocycles. The number of halogens is 2. The summed E-state index contributed by atoms with van der Waals surface area (Å²) in [5, 5.41) is 1.42. The van der Waals surface area contributed by atoms with Crippen LogP contribution < -0.4 is 5.46 Å². The molecule has 1 fully saturated rings. The van der Waals surface area contributed by atoms with Gasteiger partial charge in [-0.05, 0) is 44.8 Å². The lowest BCUT2D eigenvalue weighted by atomic mass is 9.76. The van der Waals surface area contributed by atoms with E-state index in [1.54, 1.807) is 0 Å². The van der Waals surface area contributed by atoms with E-state index in [1.807, 2.05) is 45.9 Å². The second-order valence-corrected chi connectivity index (χ2v) is 6.50. The summed E-state index contributed by atoms with van der Waals surface area (Å²) in [6.45, 7) is 8.19. The third kappa shape index (κ3) is 2.36. The maximum Gasteiger partial charge on any atom is 0.495 e. The standard InChI is InChI=1S/C13H17BBrClO2/c1-12(2)13(3,4)18-14(17-12)10-6-5-7-11(16)9(10)8-15/h5-7H,8H2,1-4H3. The lowest BCUT2D eigenvalue weighted by molar-refractivity contribution is 0.00578. The van der Waals surface area contributed by atoms with E-state index in [1.165, 1.54) is 0 Å². The molecule has 1 heterocycles. The van der Waals surface area contributed by atoms with Gasteiger partial charge in [-0.1, -0.05) is 39.7 Å². The zero-order chi connectivity index (χ0) is 13.6. The topological polar surface area (TPSA) is 18.5 Å². The second kappa shape index (κ2) is 4.82. The van der Waals surface area contributed by atoms with Crippen molar-refractivity contribution in [3.05, 3.63) is 28.8 Å². The molecule has 0 saturated carbocycles. The number of hydrogen-bond donors (Lipinski definition) is 0. The zero-order valence-corrected chi connectivity index (χ0v) is 13.4. The van der Waals surface area contributed by atoms with Gasteiger partial charge in [0.15, 0.2) is 0 Å². The minimum atomic E-state index is -0.360. The number of hydrogen-bond acceptors (Lipinski definition) is 2. The highest BCUT2D eigenvalue weighted by Gasteiger charge is 2.52. The fourth-order valence-electron chi connectivity index (χ4n) is 1.91. The molecule has 1 aromatic carbocycles. The van der Waals surface area contributed by atoms with Gasteiger partial charge in [0, 0.05) is 10.4 Å². The van der Waals surface area contributed by atoms with Crippen molar-refractivity contribution < 1.29 is 9.31 Å². The molecular formula is C13H17BBrClO2. The van der Waals surface area contributed by atoms with Crippen LogP contribution in [0.3, 0.4) is 0 Å². The predicted octanol–water partition coefficient (Wildman–Crippen LogP) is 3.53. The normalized spacial score (nSPS) is 21.3. The highest BCUT2D eigenvalue weighted by Crippen LogP contribution is 2.37. The molecule has 5 heteroatoms. The van der Waals surface area contributed by atoms with Crippen molar-refractivity contribution in [1.29, 1.82) is 0 Å². The molecule has 0 N–H and O–H groups in total. The molecule has 1 aromatic rings. The van der Waals surface area contributed by atoms with Crippen molar-refractivity contribution in [2.45, 2.75) is 44.2 Å². The van der Waals surface area contributed by atoms with Crippen LogP contribution in [-0.4, -0.2) is 18.3 Å². The van der Waals surface area contributed by atoms with Crippen LogP contribution in [0.4, 0.5) is 0 Å². The van der Waals surface area contributed by atoms with E-state index in [9.17, 15) is 0 Å². The summed E-state index contributed by atoms with van der Waals surface area (Å²) < 4.78 is 12.1. The Balaban J connectivity index is 2.38. The van der Waals surface area contributed by atoms with Crippen LogP contribution in [0.5, 0.6) is 0 Å². The summed E-state index contributed by atoms with van der Waals surface area (Å²) in [6, 6.07) is 5.81. The summed E-state index contributed by atoms with van der Waals surface area (Å²) in [5.74, 6) is 0. The second-order valence-electron chi connectivity index (χ2n) is 5.53. The average Bonchev–Trinajstić information content (AvgIpc) is 2.47. The molecule has 1 aliphatic heterocycles. The fourth-order valence-corrected chi connectivity index (χ4v) is 2.94. The Hall–Kier alpha value is -0.0251. The quantitative estimate of drug-likeness (QED) is 0.610. The van der Waals surface area contributed by atoms with E-state index in [-0.39, 0.29) is 18.3 Å². The molecule has 0 unspecified atom stereocenters. The highest BCUT2D eigenvalue weighted by molar-refractivity contribution is 9.08. The van der Waals surface area contributed by atoms with Crippen LogP contribution in [0.2, 0.25) is 5.02 Å². The first kappa shape index (κ1) is 14.4. The molecule has 0 atom stereocenters. The van der Waals surface area contributed by atoms with Gasteiger partial charge in [-0.25, -0.2) is 0 Å². The number of rotatable bonds is 2. The Kier molecular flexibility index (Phi) is 3.85. The maximum atomic E-state index is 6.21. The van der Waals surface area contributed by atoms with E-state index in [0.29, 0.717) is 5.33 Å². The molecule has 98 valence electrons. The third-order valence-electron chi connectivity index (χ3n) is 3.80. The van der Waals surface area contributed by atoms with Gasteiger partial charge in [-0.2, -0.15) is 0 Å². The predicted molar refractivity (Wildman–Crippen MR) is 79.8 cm³/mol. The van der Waals surface area contributed by atoms with Crippen molar-refractivity contribution >= 4 is 40.1 Å². The smallest absolute Gasteiger partial charge is 0.399 e. The largest absolute Gasteiger partial charge is 0.495 e. The lowest BCUT2D eigenvalue weighted by Gasteiger charge is -2.32. The van der Waals surface area contributed by atoms with Gasteiger partial charge in [-0.3, -0.25) is 0 Å². The lowest BCUT2D eigenvalue weighted by Crippen LogP contribution is -2.41. The molecule has 2 rings (SSSR count). The first-order valence-electron chi connectivity index (χ1n) is 5.97. The van der Waals surface area contributed by atoms with Crippen molar-refractivity contribution in [2.75, 3.05) is 0 Å². The van der Waals surface area contributed by atoms with E-state index in [2.05, 4.69) is 15.9 Å². The Morgan fingerprint density at radius 2 is 1.72 bits per heavy atom. The molecule has 0 spiro atoms. The van der Waals surface area contributed by atoms with Crippen LogP contribution in [0.1, 0.15) is 33.3 Å². The molecule has 18 heavy (non-hydrogen) atoms. The summed E-state index contributed by atoms with van der Waals surface area (Å²) in [4.78, 5) is 0. The van der Waals surface area contributed by atoms with Crippen LogP contribution >= 0.6 is 27.5 Å². The summed E-state index contributed by atoms with van der Waals surface area (Å²) in [7, 11) is -0.360. The van der Waals surface area contributed by atoms with Gasteiger partial charge >= 0.3 is 7.12 Å². The van der Waals surface area contributed by atoms with E-state index in [4.69, 9.17) is 20.9 Å². The molecule has 0 radical (unpaired) electrons. The molecule has 0 bridgehead atoms. The van der Waals surface area contributed by atoms with Gasteiger partial charge in [0.05, 0.1) is 11.2 Å². The summed E-state index contributed by atoms with van der Waals surface area (Å²) in [6.07, 6.45) is 0. The van der Waals surface area contributed by atoms with Crippen molar-refractivity contribution in [2.24, 2.45) is 0 Å². The number of benzene rings is 1. The number of alkyl halides is 1. The SMILES string of the molecule is CC1(C)OB(c2cccc(Cl)c2CBr)OC1(C)C. The van der Waals surface area contributed by atoms with Crippen molar-refractivity contribution in [3.63, 3.8) is 0 Å². The molecule has 0 amide bonds. The average molecular weight is 331 g/mol. The Bertz CT molecular complexity index is 446. The minimum absolute atomic E-state index is 0.330. The van der Waals surface area contributed by atoms with Crippen LogP contribution in [0.25, 0.3) is 0 Å². The first-order valence-corrected chi connectivity index (χ1v) is 7.47. The van der Waals surface area contributed by atoms with Gasteiger partial charge in [0.25, 0.3) is 0 Å². The van der Waals surface area contributed by atoms with Gasteiger partial charge in [0.1, 0.15) is 0 Å². The zero-order valence-electron chi connectivity index (χ0n) is 11.1. The first-order chi connectivity index (χ1) is 8.28. The summed E-state index contributed by atoms with van der Waals surface area (Å²) in [5.41, 5.74) is 1.36. The van der Waals surface area contributed by atoms with Crippen LogP contribution in [-0.2, 0) is 14.6 Å². The third-order valence-corrected chi connectivity index (χ3v) is 4.71. The van der Waals surface area contributed by atoms with Crippen molar-refractivity contribution in [1.82, 2.24) is 0 Å². The van der Waals surface area contributed by atoms with Gasteiger partial charge in [0.2, 0.25) is 0 Å². The molecule has 2 nitrogen and oxygen atoms in total. The van der Waals surface area contributed by atoms with Gasteiger partial charge < -0.3 is 9.31 Å². The molecular weight excluding hydrogens is 314 g/mol. The Morgan fingerprint density at radius 3 is 2.22 bits per heavy atom. The van der Waals surface area contributed by atoms with E-state index in [0.717, 1.165) is 16.0 Å². The Labute approximate surface area is 122 Å². The summed E-state index contributed by atoms with van der Waals surface area (Å²) >= 11 is 9.68. The molecule has 1 saturated heterocycles. The Morgan fingerprint density at radius 1 is 1.17 bits per heavy atom. The fraction of sp³-hybridized carbons (Fsp3) is 0.538. The van der Waals surface area contributed by atoms with Crippen LogP contribution in [0.15, 0.2) is 18.2 Å².